The molecule has 102 valence electrons. The van der Waals surface area contributed by atoms with Crippen molar-refractivity contribution in [1.29, 1.82) is 0 Å². The number of alkyl halides is 1. The highest BCUT2D eigenvalue weighted by Gasteiger charge is 2.28. The molecule has 0 bridgehead atoms. The Bertz CT molecular complexity index is 524. The van der Waals surface area contributed by atoms with Crippen LogP contribution in [0.1, 0.15) is 23.2 Å². The van der Waals surface area contributed by atoms with Crippen LogP contribution in [0.25, 0.3) is 0 Å². The van der Waals surface area contributed by atoms with Gasteiger partial charge in [-0.05, 0) is 25.0 Å². The van der Waals surface area contributed by atoms with E-state index in [-0.39, 0.29) is 27.0 Å². The first-order valence-corrected chi connectivity index (χ1v) is 7.15. The monoisotopic (exact) mass is 346 g/mol. The summed E-state index contributed by atoms with van der Waals surface area (Å²) in [6, 6.07) is 4.13. The second-order valence-corrected chi connectivity index (χ2v) is 6.14. The predicted octanol–water partition coefficient (Wildman–Crippen LogP) is 3.25. The number of likely N-dealkylation sites (tertiary alicyclic amines) is 1. The fourth-order valence-electron chi connectivity index (χ4n) is 2.12. The van der Waals surface area contributed by atoms with E-state index in [2.05, 4.69) is 15.9 Å². The molecule has 19 heavy (non-hydrogen) atoms. The maximum absolute atomic E-state index is 12.3. The van der Waals surface area contributed by atoms with Crippen molar-refractivity contribution in [2.75, 3.05) is 13.1 Å². The third kappa shape index (κ3) is 3.25. The van der Waals surface area contributed by atoms with Crippen LogP contribution in [0.15, 0.2) is 18.2 Å². The highest BCUT2D eigenvalue weighted by molar-refractivity contribution is 9.09. The third-order valence-electron chi connectivity index (χ3n) is 3.04. The summed E-state index contributed by atoms with van der Waals surface area (Å²) < 4.78 is 0. The number of amides is 1. The number of benzene rings is 1. The van der Waals surface area contributed by atoms with Crippen LogP contribution in [0.2, 0.25) is 5.02 Å². The summed E-state index contributed by atoms with van der Waals surface area (Å²) in [6.45, 7) is 1.19. The van der Waals surface area contributed by atoms with Gasteiger partial charge in [0.15, 0.2) is 0 Å². The minimum absolute atomic E-state index is 0.0935. The van der Waals surface area contributed by atoms with Crippen molar-refractivity contribution in [3.63, 3.8) is 0 Å². The fourth-order valence-corrected chi connectivity index (χ4v) is 2.96. The lowest BCUT2D eigenvalue weighted by Crippen LogP contribution is -2.40. The maximum Gasteiger partial charge on any atom is 0.283 e. The maximum atomic E-state index is 12.3. The molecule has 1 heterocycles. The number of carbonyl (C=O) groups excluding carboxylic acids is 1. The highest BCUT2D eigenvalue weighted by atomic mass is 79.9. The van der Waals surface area contributed by atoms with Crippen LogP contribution in [-0.2, 0) is 0 Å². The summed E-state index contributed by atoms with van der Waals surface area (Å²) in [5.41, 5.74) is -0.148. The van der Waals surface area contributed by atoms with Crippen LogP contribution in [0.4, 0.5) is 5.69 Å². The lowest BCUT2D eigenvalue weighted by Gasteiger charge is -2.29. The van der Waals surface area contributed by atoms with Crippen molar-refractivity contribution < 1.29 is 9.72 Å². The largest absolute Gasteiger partial charge is 0.337 e. The predicted molar refractivity (Wildman–Crippen MR) is 76.0 cm³/mol. The van der Waals surface area contributed by atoms with Gasteiger partial charge in [0.1, 0.15) is 5.56 Å². The zero-order valence-corrected chi connectivity index (χ0v) is 12.4. The van der Waals surface area contributed by atoms with Gasteiger partial charge in [-0.3, -0.25) is 14.9 Å². The molecule has 0 aromatic heterocycles. The molecule has 0 radical (unpaired) electrons. The molecule has 7 heteroatoms. The molecule has 1 aliphatic heterocycles. The average Bonchev–Trinajstić information content (AvgIpc) is 2.37. The van der Waals surface area contributed by atoms with Gasteiger partial charge in [-0.2, -0.15) is 0 Å². The standard InChI is InChI=1S/C12H12BrClN2O3/c13-8-2-1-5-15(7-8)12(17)10-4-3-9(14)6-11(10)16(18)19/h3-4,6,8H,1-2,5,7H2. The van der Waals surface area contributed by atoms with E-state index < -0.39 is 4.92 Å². The van der Waals surface area contributed by atoms with Crippen LogP contribution in [0.3, 0.4) is 0 Å². The fraction of sp³-hybridized carbons (Fsp3) is 0.417. The van der Waals surface area contributed by atoms with E-state index in [9.17, 15) is 14.9 Å². The number of piperidine rings is 1. The number of rotatable bonds is 2. The van der Waals surface area contributed by atoms with Crippen LogP contribution in [-0.4, -0.2) is 33.6 Å². The van der Waals surface area contributed by atoms with Crippen LogP contribution in [0, 0.1) is 10.1 Å². The molecular formula is C12H12BrClN2O3. The van der Waals surface area contributed by atoms with Crippen molar-refractivity contribution in [3.05, 3.63) is 38.9 Å². The van der Waals surface area contributed by atoms with E-state index in [1.807, 2.05) is 0 Å². The lowest BCUT2D eigenvalue weighted by molar-refractivity contribution is -0.385. The number of nitro groups is 1. The molecule has 1 aromatic rings. The van der Waals surface area contributed by atoms with Gasteiger partial charge in [0, 0.05) is 29.0 Å². The molecule has 1 aliphatic rings. The summed E-state index contributed by atoms with van der Waals surface area (Å²) >= 11 is 9.22. The Labute approximate surface area is 123 Å². The van der Waals surface area contributed by atoms with Gasteiger partial charge in [0.25, 0.3) is 11.6 Å². The second kappa shape index (κ2) is 5.88. The Hall–Kier alpha value is -1.14. The number of nitro benzene ring substituents is 1. The zero-order valence-electron chi connectivity index (χ0n) is 10.0. The Morgan fingerprint density at radius 3 is 2.89 bits per heavy atom. The van der Waals surface area contributed by atoms with Gasteiger partial charge in [-0.25, -0.2) is 0 Å². The van der Waals surface area contributed by atoms with Crippen molar-refractivity contribution >= 4 is 39.1 Å². The SMILES string of the molecule is O=C(c1ccc(Cl)cc1[N+](=O)[O-])N1CCCC(Br)C1. The van der Waals surface area contributed by atoms with Gasteiger partial charge in [-0.1, -0.05) is 27.5 Å². The molecule has 0 spiro atoms. The van der Waals surface area contributed by atoms with E-state index >= 15 is 0 Å². The minimum atomic E-state index is -0.575. The molecule has 2 rings (SSSR count). The topological polar surface area (TPSA) is 63.4 Å². The number of nitrogens with zero attached hydrogens (tertiary/aromatic N) is 2. The smallest absolute Gasteiger partial charge is 0.283 e. The summed E-state index contributed by atoms with van der Waals surface area (Å²) in [7, 11) is 0. The second-order valence-electron chi connectivity index (χ2n) is 4.41. The van der Waals surface area contributed by atoms with E-state index in [1.54, 1.807) is 4.90 Å². The summed E-state index contributed by atoms with van der Waals surface area (Å²) in [6.07, 6.45) is 1.90. The summed E-state index contributed by atoms with van der Waals surface area (Å²) in [4.78, 5) is 24.6. The first-order valence-electron chi connectivity index (χ1n) is 5.86. The van der Waals surface area contributed by atoms with Gasteiger partial charge in [0.05, 0.1) is 4.92 Å². The summed E-state index contributed by atoms with van der Waals surface area (Å²) in [5.74, 6) is -0.312. The number of halogens is 2. The number of hydrogen-bond donors (Lipinski definition) is 0. The van der Waals surface area contributed by atoms with Gasteiger partial charge >= 0.3 is 0 Å². The Morgan fingerprint density at radius 1 is 1.53 bits per heavy atom. The van der Waals surface area contributed by atoms with Gasteiger partial charge in [0.2, 0.25) is 0 Å². The van der Waals surface area contributed by atoms with Crippen LogP contribution >= 0.6 is 27.5 Å². The molecule has 5 nitrogen and oxygen atoms in total. The van der Waals surface area contributed by atoms with E-state index in [1.165, 1.54) is 18.2 Å². The summed E-state index contributed by atoms with van der Waals surface area (Å²) in [5, 5.41) is 11.2. The van der Waals surface area contributed by atoms with Crippen molar-refractivity contribution in [2.24, 2.45) is 0 Å². The lowest BCUT2D eigenvalue weighted by atomic mass is 10.1. The first kappa shape index (κ1) is 14.3. The van der Waals surface area contributed by atoms with E-state index in [4.69, 9.17) is 11.6 Å². The highest BCUT2D eigenvalue weighted by Crippen LogP contribution is 2.26. The average molecular weight is 348 g/mol. The number of hydrogen-bond acceptors (Lipinski definition) is 3. The quantitative estimate of drug-likeness (QED) is 0.469. The minimum Gasteiger partial charge on any atom is -0.337 e. The van der Waals surface area contributed by atoms with Gasteiger partial charge < -0.3 is 4.90 Å². The molecule has 0 aliphatic carbocycles. The molecule has 1 atom stereocenters. The van der Waals surface area contributed by atoms with Crippen LogP contribution < -0.4 is 0 Å². The van der Waals surface area contributed by atoms with Crippen molar-refractivity contribution in [2.45, 2.75) is 17.7 Å². The third-order valence-corrected chi connectivity index (χ3v) is 4.02. The molecule has 1 unspecified atom stereocenters. The molecule has 1 saturated heterocycles. The van der Waals surface area contributed by atoms with Gasteiger partial charge in [-0.15, -0.1) is 0 Å². The van der Waals surface area contributed by atoms with E-state index in [0.29, 0.717) is 13.1 Å². The molecule has 0 N–H and O–H groups in total. The van der Waals surface area contributed by atoms with Crippen molar-refractivity contribution in [1.82, 2.24) is 4.90 Å². The zero-order chi connectivity index (χ0) is 14.0. The Kier molecular flexibility index (Phi) is 4.42. The van der Waals surface area contributed by atoms with E-state index in [0.717, 1.165) is 12.8 Å². The normalized spacial score (nSPS) is 19.3. The molecule has 1 aromatic carbocycles. The molecule has 0 saturated carbocycles. The first-order chi connectivity index (χ1) is 8.99. The molecular weight excluding hydrogens is 336 g/mol. The van der Waals surface area contributed by atoms with Crippen LogP contribution in [0.5, 0.6) is 0 Å². The molecule has 1 amide bonds. The number of carbonyl (C=O) groups is 1. The molecule has 1 fully saturated rings. The Morgan fingerprint density at radius 2 is 2.26 bits per heavy atom. The van der Waals surface area contributed by atoms with Crippen molar-refractivity contribution in [3.8, 4) is 0 Å². The Balaban J connectivity index is 2.30.